The van der Waals surface area contributed by atoms with Crippen LogP contribution in [0, 0.1) is 6.92 Å². The van der Waals surface area contributed by atoms with E-state index in [-0.39, 0.29) is 18.0 Å². The molecule has 3 N–H and O–H groups in total. The van der Waals surface area contributed by atoms with Crippen LogP contribution in [0.3, 0.4) is 0 Å². The number of thioether (sulfide) groups is 1. The van der Waals surface area contributed by atoms with Gasteiger partial charge in [0.1, 0.15) is 0 Å². The van der Waals surface area contributed by atoms with Crippen molar-refractivity contribution in [1.29, 1.82) is 0 Å². The molecule has 132 valence electrons. The van der Waals surface area contributed by atoms with E-state index < -0.39 is 0 Å². The summed E-state index contributed by atoms with van der Waals surface area (Å²) in [6.07, 6.45) is 0. The Balaban J connectivity index is 1.80. The Labute approximate surface area is 152 Å². The van der Waals surface area contributed by atoms with Gasteiger partial charge >= 0.3 is 6.03 Å². The Morgan fingerprint density at radius 2 is 1.48 bits per heavy atom. The first-order valence-corrected chi connectivity index (χ1v) is 9.08. The zero-order valence-corrected chi connectivity index (χ0v) is 15.4. The van der Waals surface area contributed by atoms with Gasteiger partial charge in [0.05, 0.1) is 5.75 Å². The van der Waals surface area contributed by atoms with Gasteiger partial charge in [0.2, 0.25) is 5.91 Å². The fourth-order valence-corrected chi connectivity index (χ4v) is 2.75. The number of nitrogens with one attached hydrogen (secondary N) is 3. The summed E-state index contributed by atoms with van der Waals surface area (Å²) in [6, 6.07) is 14.9. The maximum Gasteiger partial charge on any atom is 0.319 e. The molecule has 0 aliphatic rings. The summed E-state index contributed by atoms with van der Waals surface area (Å²) in [5, 5.41) is 8.34. The van der Waals surface area contributed by atoms with Crippen LogP contribution < -0.4 is 16.0 Å². The highest BCUT2D eigenvalue weighted by Crippen LogP contribution is 2.19. The molecule has 0 bridgehead atoms. The number of amides is 3. The van der Waals surface area contributed by atoms with Crippen LogP contribution in [0.4, 0.5) is 16.2 Å². The second-order valence-corrected chi connectivity index (χ2v) is 7.03. The highest BCUT2D eigenvalue weighted by Gasteiger charge is 2.06. The van der Waals surface area contributed by atoms with Crippen molar-refractivity contribution in [2.75, 3.05) is 16.4 Å². The van der Waals surface area contributed by atoms with Gasteiger partial charge in [-0.2, -0.15) is 0 Å². The van der Waals surface area contributed by atoms with Gasteiger partial charge in [-0.1, -0.05) is 17.7 Å². The molecule has 0 unspecified atom stereocenters. The molecule has 3 amide bonds. The number of urea groups is 1. The lowest BCUT2D eigenvalue weighted by atomic mass is 10.2. The third kappa shape index (κ3) is 6.89. The number of aryl methyl sites for hydroxylation is 1. The normalized spacial score (nSPS) is 10.4. The first-order chi connectivity index (χ1) is 11.9. The van der Waals surface area contributed by atoms with Crippen LogP contribution in [0.15, 0.2) is 53.4 Å². The molecular weight excluding hydrogens is 334 g/mol. The molecule has 25 heavy (non-hydrogen) atoms. The molecule has 2 rings (SSSR count). The molecule has 0 saturated heterocycles. The van der Waals surface area contributed by atoms with E-state index in [1.165, 1.54) is 17.3 Å². The fourth-order valence-electron chi connectivity index (χ4n) is 2.05. The molecule has 0 atom stereocenters. The van der Waals surface area contributed by atoms with E-state index in [0.29, 0.717) is 17.1 Å². The van der Waals surface area contributed by atoms with Crippen molar-refractivity contribution in [2.45, 2.75) is 31.7 Å². The Morgan fingerprint density at radius 1 is 0.920 bits per heavy atom. The smallest absolute Gasteiger partial charge is 0.319 e. The summed E-state index contributed by atoms with van der Waals surface area (Å²) in [7, 11) is 0. The average Bonchev–Trinajstić information content (AvgIpc) is 2.55. The van der Waals surface area contributed by atoms with Crippen molar-refractivity contribution in [3.8, 4) is 0 Å². The molecule has 2 aromatic rings. The van der Waals surface area contributed by atoms with E-state index in [2.05, 4.69) is 16.0 Å². The molecule has 0 aliphatic carbocycles. The zero-order valence-electron chi connectivity index (χ0n) is 14.6. The van der Waals surface area contributed by atoms with E-state index >= 15 is 0 Å². The van der Waals surface area contributed by atoms with Gasteiger partial charge in [0, 0.05) is 22.3 Å². The van der Waals surface area contributed by atoms with Gasteiger partial charge in [-0.3, -0.25) is 4.79 Å². The van der Waals surface area contributed by atoms with Gasteiger partial charge in [0.25, 0.3) is 0 Å². The summed E-state index contributed by atoms with van der Waals surface area (Å²) in [4.78, 5) is 24.7. The van der Waals surface area contributed by atoms with Crippen LogP contribution in [0.1, 0.15) is 19.4 Å². The lowest BCUT2D eigenvalue weighted by Gasteiger charge is -2.11. The fraction of sp³-hybridized carbons (Fsp3) is 0.263. The van der Waals surface area contributed by atoms with Crippen molar-refractivity contribution >= 4 is 35.1 Å². The minimum atomic E-state index is -0.249. The summed E-state index contributed by atoms with van der Waals surface area (Å²) in [5.74, 6) is 0.281. The quantitative estimate of drug-likeness (QED) is 0.677. The van der Waals surface area contributed by atoms with E-state index in [1.807, 2.05) is 45.0 Å². The molecule has 0 radical (unpaired) electrons. The van der Waals surface area contributed by atoms with Gasteiger partial charge in [-0.05, 0) is 57.2 Å². The molecular formula is C19H23N3O2S. The minimum absolute atomic E-state index is 0.0659. The van der Waals surface area contributed by atoms with Gasteiger partial charge in [0.15, 0.2) is 0 Å². The van der Waals surface area contributed by atoms with Crippen LogP contribution >= 0.6 is 11.8 Å². The number of hydrogen-bond donors (Lipinski definition) is 3. The SMILES string of the molecule is Cc1ccc(SCC(=O)Nc2ccc(NC(=O)NC(C)C)cc2)cc1. The Kier molecular flexibility index (Phi) is 6.89. The predicted octanol–water partition coefficient (Wildman–Crippen LogP) is 4.26. The first kappa shape index (κ1) is 18.9. The molecule has 2 aromatic carbocycles. The van der Waals surface area contributed by atoms with Crippen LogP contribution in [0.2, 0.25) is 0 Å². The van der Waals surface area contributed by atoms with Crippen LogP contribution in [0.5, 0.6) is 0 Å². The van der Waals surface area contributed by atoms with Crippen LogP contribution in [-0.2, 0) is 4.79 Å². The number of hydrogen-bond acceptors (Lipinski definition) is 3. The van der Waals surface area contributed by atoms with Gasteiger partial charge in [-0.15, -0.1) is 11.8 Å². The average molecular weight is 357 g/mol. The highest BCUT2D eigenvalue weighted by molar-refractivity contribution is 8.00. The third-order valence-electron chi connectivity index (χ3n) is 3.24. The standard InChI is InChI=1S/C19H23N3O2S/c1-13(2)20-19(24)22-16-8-6-15(7-9-16)21-18(23)12-25-17-10-4-14(3)5-11-17/h4-11,13H,12H2,1-3H3,(H,21,23)(H2,20,22,24). The molecule has 0 aliphatic heterocycles. The first-order valence-electron chi connectivity index (χ1n) is 8.09. The number of carbonyl (C=O) groups is 2. The maximum absolute atomic E-state index is 12.0. The summed E-state index contributed by atoms with van der Waals surface area (Å²) in [5.41, 5.74) is 2.57. The molecule has 0 saturated carbocycles. The molecule has 0 fully saturated rings. The summed E-state index contributed by atoms with van der Waals surface area (Å²) in [6.45, 7) is 5.83. The third-order valence-corrected chi connectivity index (χ3v) is 4.25. The number of benzene rings is 2. The number of anilines is 2. The second kappa shape index (κ2) is 9.13. The maximum atomic E-state index is 12.0. The topological polar surface area (TPSA) is 70.2 Å². The van der Waals surface area contributed by atoms with Crippen molar-refractivity contribution in [3.05, 3.63) is 54.1 Å². The second-order valence-electron chi connectivity index (χ2n) is 5.98. The van der Waals surface area contributed by atoms with Crippen molar-refractivity contribution in [3.63, 3.8) is 0 Å². The molecule has 0 heterocycles. The highest BCUT2D eigenvalue weighted by atomic mass is 32.2. The lowest BCUT2D eigenvalue weighted by molar-refractivity contribution is -0.113. The summed E-state index contributed by atoms with van der Waals surface area (Å²) < 4.78 is 0. The largest absolute Gasteiger partial charge is 0.336 e. The molecule has 0 spiro atoms. The van der Waals surface area contributed by atoms with Gasteiger partial charge < -0.3 is 16.0 Å². The number of carbonyl (C=O) groups excluding carboxylic acids is 2. The van der Waals surface area contributed by atoms with E-state index in [0.717, 1.165) is 4.90 Å². The van der Waals surface area contributed by atoms with Crippen molar-refractivity contribution in [2.24, 2.45) is 0 Å². The summed E-state index contributed by atoms with van der Waals surface area (Å²) >= 11 is 1.50. The molecule has 6 heteroatoms. The minimum Gasteiger partial charge on any atom is -0.336 e. The Bertz CT molecular complexity index is 712. The molecule has 5 nitrogen and oxygen atoms in total. The van der Waals surface area contributed by atoms with Crippen LogP contribution in [0.25, 0.3) is 0 Å². The Hall–Kier alpha value is -2.47. The zero-order chi connectivity index (χ0) is 18.2. The van der Waals surface area contributed by atoms with Crippen LogP contribution in [-0.4, -0.2) is 23.7 Å². The monoisotopic (exact) mass is 357 g/mol. The van der Waals surface area contributed by atoms with Gasteiger partial charge in [-0.25, -0.2) is 4.79 Å². The van der Waals surface area contributed by atoms with Crippen molar-refractivity contribution < 1.29 is 9.59 Å². The van der Waals surface area contributed by atoms with E-state index in [9.17, 15) is 9.59 Å². The predicted molar refractivity (Wildman–Crippen MR) is 104 cm³/mol. The Morgan fingerprint density at radius 3 is 2.04 bits per heavy atom. The molecule has 0 aromatic heterocycles. The number of rotatable bonds is 6. The lowest BCUT2D eigenvalue weighted by Crippen LogP contribution is -2.34. The van der Waals surface area contributed by atoms with Crippen molar-refractivity contribution in [1.82, 2.24) is 5.32 Å². The van der Waals surface area contributed by atoms with E-state index in [4.69, 9.17) is 0 Å². The van der Waals surface area contributed by atoms with E-state index in [1.54, 1.807) is 24.3 Å².